The molecular weight excluding hydrogens is 536 g/mol. The van der Waals surface area contributed by atoms with Crippen molar-refractivity contribution in [3.05, 3.63) is 70.8 Å². The molecule has 7 nitrogen and oxygen atoms in total. The molecule has 1 aliphatic heterocycles. The number of likely N-dealkylation sites (tertiary alicyclic amines) is 1. The van der Waals surface area contributed by atoms with E-state index in [-0.39, 0.29) is 28.2 Å². The van der Waals surface area contributed by atoms with Crippen molar-refractivity contribution < 1.29 is 30.8 Å². The highest BCUT2D eigenvalue weighted by Gasteiger charge is 2.35. The van der Waals surface area contributed by atoms with E-state index < -0.39 is 45.7 Å². The molecule has 3 N–H and O–H groups in total. The molecule has 1 atom stereocenters. The summed E-state index contributed by atoms with van der Waals surface area (Å²) in [5.41, 5.74) is 4.00. The Morgan fingerprint density at radius 2 is 1.89 bits per heavy atom. The summed E-state index contributed by atoms with van der Waals surface area (Å²) < 4.78 is 81.2. The molecule has 0 bridgehead atoms. The van der Waals surface area contributed by atoms with Gasteiger partial charge in [-0.15, -0.1) is 0 Å². The summed E-state index contributed by atoms with van der Waals surface area (Å²) in [5, 5.41) is 2.51. The summed E-state index contributed by atoms with van der Waals surface area (Å²) in [5.74, 6) is -1.37. The molecule has 0 aliphatic carbocycles. The summed E-state index contributed by atoms with van der Waals surface area (Å²) in [6.45, 7) is 1.31. The van der Waals surface area contributed by atoms with Crippen LogP contribution >= 0.6 is 11.6 Å². The molecule has 3 rings (SSSR count). The van der Waals surface area contributed by atoms with E-state index in [4.69, 9.17) is 17.3 Å². The number of piperidine rings is 1. The fourth-order valence-corrected chi connectivity index (χ4v) is 5.67. The molecule has 1 fully saturated rings. The lowest BCUT2D eigenvalue weighted by Crippen LogP contribution is -2.48. The fraction of sp³-hybridized carbons (Fsp3) is 0.375. The molecular formula is C24H27ClF4N4O3S. The smallest absolute Gasteiger partial charge is 0.383 e. The van der Waals surface area contributed by atoms with Gasteiger partial charge in [0, 0.05) is 19.6 Å². The quantitative estimate of drug-likeness (QED) is 0.462. The van der Waals surface area contributed by atoms with Gasteiger partial charge in [-0.05, 0) is 56.0 Å². The minimum absolute atomic E-state index is 0.0908. The van der Waals surface area contributed by atoms with Crippen LogP contribution in [0, 0.1) is 5.92 Å². The highest BCUT2D eigenvalue weighted by Crippen LogP contribution is 2.37. The average Bonchev–Trinajstić information content (AvgIpc) is 2.86. The molecule has 37 heavy (non-hydrogen) atoms. The van der Waals surface area contributed by atoms with Crippen molar-refractivity contribution in [3.8, 4) is 0 Å². The SMILES string of the molecule is C/C(F)=C(/N)NCC1CCCN(C(=O)CN(c2cc(C(F)(F)F)ccc2Cl)S(=O)(=O)c2ccccc2)C1. The zero-order chi connectivity index (χ0) is 27.4. The predicted molar refractivity (Wildman–Crippen MR) is 133 cm³/mol. The summed E-state index contributed by atoms with van der Waals surface area (Å²) in [6, 6.07) is 9.37. The number of hydrogen-bond acceptors (Lipinski definition) is 5. The van der Waals surface area contributed by atoms with Crippen LogP contribution in [0.3, 0.4) is 0 Å². The van der Waals surface area contributed by atoms with Gasteiger partial charge >= 0.3 is 6.18 Å². The molecule has 202 valence electrons. The van der Waals surface area contributed by atoms with Crippen LogP contribution in [0.5, 0.6) is 0 Å². The highest BCUT2D eigenvalue weighted by molar-refractivity contribution is 7.92. The van der Waals surface area contributed by atoms with E-state index in [1.807, 2.05) is 0 Å². The highest BCUT2D eigenvalue weighted by atomic mass is 35.5. The normalized spacial score (nSPS) is 17.2. The topological polar surface area (TPSA) is 95.7 Å². The fourth-order valence-electron chi connectivity index (χ4n) is 3.96. The third kappa shape index (κ3) is 7.07. The van der Waals surface area contributed by atoms with Crippen LogP contribution in [0.25, 0.3) is 0 Å². The van der Waals surface area contributed by atoms with Gasteiger partial charge in [0.25, 0.3) is 10.0 Å². The Morgan fingerprint density at radius 3 is 2.51 bits per heavy atom. The number of amides is 1. The van der Waals surface area contributed by atoms with Gasteiger partial charge < -0.3 is 16.0 Å². The van der Waals surface area contributed by atoms with Crippen molar-refractivity contribution in [1.82, 2.24) is 10.2 Å². The number of halogens is 5. The maximum absolute atomic E-state index is 13.5. The molecule has 1 aliphatic rings. The third-order valence-electron chi connectivity index (χ3n) is 5.98. The number of carbonyl (C=O) groups excluding carboxylic acids is 1. The van der Waals surface area contributed by atoms with E-state index in [0.717, 1.165) is 18.6 Å². The molecule has 0 radical (unpaired) electrons. The van der Waals surface area contributed by atoms with Crippen LogP contribution in [-0.4, -0.2) is 45.4 Å². The standard InChI is InChI=1S/C24H27ClF4N4O3S/c1-16(26)23(30)31-13-17-6-5-11-32(14-17)22(34)15-33(37(35,36)19-7-3-2-4-8-19)21-12-18(24(27,28)29)9-10-20(21)25/h2-4,7-10,12,17,31H,5-6,11,13-15,30H2,1H3/b23-16+. The van der Waals surface area contributed by atoms with Crippen LogP contribution in [-0.2, 0) is 21.0 Å². The molecule has 1 unspecified atom stereocenters. The first-order chi connectivity index (χ1) is 17.3. The van der Waals surface area contributed by atoms with Crippen molar-refractivity contribution in [3.63, 3.8) is 0 Å². The molecule has 0 saturated carbocycles. The summed E-state index contributed by atoms with van der Waals surface area (Å²) in [6.07, 6.45) is -3.43. The molecule has 13 heteroatoms. The molecule has 2 aromatic carbocycles. The second-order valence-corrected chi connectivity index (χ2v) is 10.9. The molecule has 1 amide bonds. The van der Waals surface area contributed by atoms with Gasteiger partial charge in [0.05, 0.1) is 21.2 Å². The number of hydrogen-bond donors (Lipinski definition) is 2. The number of allylic oxidation sites excluding steroid dienone is 1. The summed E-state index contributed by atoms with van der Waals surface area (Å²) >= 11 is 6.17. The average molecular weight is 563 g/mol. The van der Waals surface area contributed by atoms with Crippen LogP contribution in [0.4, 0.5) is 23.2 Å². The Labute approximate surface area is 217 Å². The van der Waals surface area contributed by atoms with E-state index in [1.165, 1.54) is 36.1 Å². The monoisotopic (exact) mass is 562 g/mol. The van der Waals surface area contributed by atoms with Crippen LogP contribution < -0.4 is 15.4 Å². The van der Waals surface area contributed by atoms with Gasteiger partial charge in [-0.3, -0.25) is 9.10 Å². The van der Waals surface area contributed by atoms with Crippen molar-refractivity contribution >= 4 is 33.2 Å². The minimum atomic E-state index is -4.76. The lowest BCUT2D eigenvalue weighted by atomic mass is 9.98. The number of benzene rings is 2. The van der Waals surface area contributed by atoms with Gasteiger partial charge in [0.15, 0.2) is 0 Å². The minimum Gasteiger partial charge on any atom is -0.383 e. The van der Waals surface area contributed by atoms with E-state index in [2.05, 4.69) is 5.32 Å². The van der Waals surface area contributed by atoms with Gasteiger partial charge in [0.1, 0.15) is 18.2 Å². The van der Waals surface area contributed by atoms with E-state index in [1.54, 1.807) is 6.07 Å². The first-order valence-electron chi connectivity index (χ1n) is 11.4. The lowest BCUT2D eigenvalue weighted by Gasteiger charge is -2.35. The molecule has 1 saturated heterocycles. The second-order valence-electron chi connectivity index (χ2n) is 8.66. The Kier molecular flexibility index (Phi) is 8.96. The van der Waals surface area contributed by atoms with Crippen LogP contribution in [0.15, 0.2) is 65.1 Å². The van der Waals surface area contributed by atoms with E-state index >= 15 is 0 Å². The zero-order valence-electron chi connectivity index (χ0n) is 19.9. The number of sulfonamides is 1. The zero-order valence-corrected chi connectivity index (χ0v) is 21.5. The number of alkyl halides is 3. The number of rotatable bonds is 8. The van der Waals surface area contributed by atoms with Gasteiger partial charge in [-0.25, -0.2) is 12.8 Å². The van der Waals surface area contributed by atoms with E-state index in [0.29, 0.717) is 29.9 Å². The molecule has 0 spiro atoms. The maximum Gasteiger partial charge on any atom is 0.416 e. The number of carbonyl (C=O) groups is 1. The first-order valence-corrected chi connectivity index (χ1v) is 13.2. The lowest BCUT2D eigenvalue weighted by molar-refractivity contribution is -0.137. The maximum atomic E-state index is 13.5. The third-order valence-corrected chi connectivity index (χ3v) is 8.07. The van der Waals surface area contributed by atoms with Crippen LogP contribution in [0.2, 0.25) is 5.02 Å². The van der Waals surface area contributed by atoms with Gasteiger partial charge in [-0.1, -0.05) is 29.8 Å². The van der Waals surface area contributed by atoms with Gasteiger partial charge in [0.2, 0.25) is 5.91 Å². The summed E-state index contributed by atoms with van der Waals surface area (Å²) in [4.78, 5) is 14.5. The van der Waals surface area contributed by atoms with Crippen molar-refractivity contribution in [2.24, 2.45) is 11.7 Å². The van der Waals surface area contributed by atoms with Crippen molar-refractivity contribution in [2.75, 3.05) is 30.5 Å². The van der Waals surface area contributed by atoms with Crippen molar-refractivity contribution in [2.45, 2.75) is 30.8 Å². The van der Waals surface area contributed by atoms with Crippen LogP contribution in [0.1, 0.15) is 25.3 Å². The number of anilines is 1. The largest absolute Gasteiger partial charge is 0.416 e. The Bertz CT molecular complexity index is 1250. The molecule has 1 heterocycles. The predicted octanol–water partition coefficient (Wildman–Crippen LogP) is 4.50. The number of nitrogens with one attached hydrogen (secondary N) is 1. The molecule has 2 aromatic rings. The Hall–Kier alpha value is -2.99. The van der Waals surface area contributed by atoms with Crippen molar-refractivity contribution in [1.29, 1.82) is 0 Å². The number of nitrogens with zero attached hydrogens (tertiary/aromatic N) is 2. The Morgan fingerprint density at radius 1 is 1.22 bits per heavy atom. The summed E-state index contributed by atoms with van der Waals surface area (Å²) in [7, 11) is -4.46. The molecule has 0 aromatic heterocycles. The van der Waals surface area contributed by atoms with E-state index in [9.17, 15) is 30.8 Å². The second kappa shape index (κ2) is 11.6. The number of nitrogens with two attached hydrogens (primary N) is 1. The van der Waals surface area contributed by atoms with Gasteiger partial charge in [-0.2, -0.15) is 13.2 Å². The first kappa shape index (κ1) is 28.6. The Balaban J connectivity index is 1.92.